The average Bonchev–Trinajstić information content (AvgIpc) is 2.94. The summed E-state index contributed by atoms with van der Waals surface area (Å²) in [6, 6.07) is 7.55. The molecule has 1 aliphatic carbocycles. The third-order valence-corrected chi connectivity index (χ3v) is 5.39. The fraction of sp³-hybridized carbons (Fsp3) is 0.579. The largest absolute Gasteiger partial charge is 0.341 e. The van der Waals surface area contributed by atoms with Crippen molar-refractivity contribution in [2.45, 2.75) is 32.2 Å². The lowest BCUT2D eigenvalue weighted by atomic mass is 9.84. The van der Waals surface area contributed by atoms with Crippen molar-refractivity contribution in [3.63, 3.8) is 0 Å². The zero-order valence-corrected chi connectivity index (χ0v) is 14.6. The summed E-state index contributed by atoms with van der Waals surface area (Å²) in [7, 11) is 3.37. The number of nitrogens with one attached hydrogen (secondary N) is 1. The number of benzene rings is 1. The molecule has 24 heavy (non-hydrogen) atoms. The number of carbonyl (C=O) groups excluding carboxylic acids is 2. The minimum Gasteiger partial charge on any atom is -0.341 e. The molecule has 2 bridgehead atoms. The Labute approximate surface area is 144 Å². The zero-order chi connectivity index (χ0) is 17.1. The fourth-order valence-electron chi connectivity index (χ4n) is 3.93. The first-order valence-corrected chi connectivity index (χ1v) is 8.88. The number of urea groups is 1. The molecular formula is C19H27N3O2. The third-order valence-electron chi connectivity index (χ3n) is 5.39. The second kappa shape index (κ2) is 7.24. The molecule has 0 spiro atoms. The first-order chi connectivity index (χ1) is 11.6. The summed E-state index contributed by atoms with van der Waals surface area (Å²) in [6.45, 7) is 2.36. The molecule has 0 radical (unpaired) electrons. The molecule has 2 saturated heterocycles. The lowest BCUT2D eigenvalue weighted by molar-refractivity contribution is 0.0739. The molecule has 1 aromatic carbocycles. The van der Waals surface area contributed by atoms with Crippen molar-refractivity contribution in [1.82, 2.24) is 15.1 Å². The molecule has 2 heterocycles. The minimum atomic E-state index is -0.116. The van der Waals surface area contributed by atoms with Crippen molar-refractivity contribution in [2.75, 3.05) is 27.2 Å². The molecule has 5 nitrogen and oxygen atoms in total. The van der Waals surface area contributed by atoms with Gasteiger partial charge in [-0.25, -0.2) is 4.79 Å². The second-order valence-corrected chi connectivity index (χ2v) is 7.21. The van der Waals surface area contributed by atoms with Crippen LogP contribution in [0.2, 0.25) is 0 Å². The highest BCUT2D eigenvalue weighted by atomic mass is 16.2. The molecular weight excluding hydrogens is 302 g/mol. The van der Waals surface area contributed by atoms with Crippen LogP contribution < -0.4 is 5.32 Å². The van der Waals surface area contributed by atoms with Gasteiger partial charge in [-0.1, -0.05) is 12.1 Å². The Balaban J connectivity index is 1.64. The number of hydrogen-bond acceptors (Lipinski definition) is 2. The number of amides is 3. The van der Waals surface area contributed by atoms with Crippen molar-refractivity contribution in [2.24, 2.45) is 11.8 Å². The molecule has 3 aliphatic rings. The van der Waals surface area contributed by atoms with Crippen LogP contribution in [0, 0.1) is 11.8 Å². The van der Waals surface area contributed by atoms with E-state index in [-0.39, 0.29) is 11.9 Å². The summed E-state index contributed by atoms with van der Waals surface area (Å²) in [5.74, 6) is 1.53. The molecule has 130 valence electrons. The molecule has 0 unspecified atom stereocenters. The van der Waals surface area contributed by atoms with Gasteiger partial charge in [0.1, 0.15) is 0 Å². The van der Waals surface area contributed by atoms with Gasteiger partial charge in [-0.3, -0.25) is 4.79 Å². The molecule has 0 atom stereocenters. The van der Waals surface area contributed by atoms with E-state index in [1.54, 1.807) is 19.0 Å². The van der Waals surface area contributed by atoms with Crippen LogP contribution in [0.1, 0.15) is 41.6 Å². The Morgan fingerprint density at radius 2 is 1.62 bits per heavy atom. The predicted molar refractivity (Wildman–Crippen MR) is 93.7 cm³/mol. The van der Waals surface area contributed by atoms with E-state index >= 15 is 0 Å². The van der Waals surface area contributed by atoms with Crippen molar-refractivity contribution < 1.29 is 9.59 Å². The maximum Gasteiger partial charge on any atom is 0.317 e. The first kappa shape index (κ1) is 16.8. The van der Waals surface area contributed by atoms with Crippen LogP contribution in [0.15, 0.2) is 24.3 Å². The van der Waals surface area contributed by atoms with Gasteiger partial charge in [-0.2, -0.15) is 0 Å². The summed E-state index contributed by atoms with van der Waals surface area (Å²) >= 11 is 0. The Bertz CT molecular complexity index is 577. The number of carbonyl (C=O) groups is 2. The monoisotopic (exact) mass is 329 g/mol. The van der Waals surface area contributed by atoms with Gasteiger partial charge in [0.25, 0.3) is 5.91 Å². The smallest absolute Gasteiger partial charge is 0.317 e. The van der Waals surface area contributed by atoms with Crippen LogP contribution >= 0.6 is 0 Å². The van der Waals surface area contributed by atoms with Crippen molar-refractivity contribution in [3.05, 3.63) is 35.4 Å². The highest BCUT2D eigenvalue weighted by Gasteiger charge is 2.31. The quantitative estimate of drug-likeness (QED) is 0.927. The Morgan fingerprint density at radius 3 is 2.12 bits per heavy atom. The number of nitrogens with zero attached hydrogens (tertiary/aromatic N) is 2. The molecule has 1 N–H and O–H groups in total. The highest BCUT2D eigenvalue weighted by molar-refractivity contribution is 5.94. The summed E-state index contributed by atoms with van der Waals surface area (Å²) in [5.41, 5.74) is 1.77. The molecule has 5 heteroatoms. The first-order valence-electron chi connectivity index (χ1n) is 8.88. The Morgan fingerprint density at radius 1 is 1.08 bits per heavy atom. The molecule has 0 aromatic heterocycles. The zero-order valence-electron chi connectivity index (χ0n) is 14.6. The van der Waals surface area contributed by atoms with Crippen molar-refractivity contribution in [3.8, 4) is 0 Å². The van der Waals surface area contributed by atoms with Gasteiger partial charge in [0.05, 0.1) is 0 Å². The van der Waals surface area contributed by atoms with Gasteiger partial charge in [0.15, 0.2) is 0 Å². The van der Waals surface area contributed by atoms with Gasteiger partial charge in [0.2, 0.25) is 0 Å². The minimum absolute atomic E-state index is 0.116. The number of fused-ring (bicyclic) bond motifs is 4. The van der Waals surface area contributed by atoms with E-state index in [2.05, 4.69) is 10.2 Å². The topological polar surface area (TPSA) is 52.7 Å². The van der Waals surface area contributed by atoms with Crippen molar-refractivity contribution >= 4 is 11.9 Å². The third kappa shape index (κ3) is 3.71. The van der Waals surface area contributed by atoms with Crippen LogP contribution in [0.25, 0.3) is 0 Å². The highest BCUT2D eigenvalue weighted by Crippen LogP contribution is 2.34. The molecule has 4 rings (SSSR count). The normalized spacial score (nSPS) is 22.8. The summed E-state index contributed by atoms with van der Waals surface area (Å²) in [6.07, 6.45) is 5.11. The average molecular weight is 329 g/mol. The van der Waals surface area contributed by atoms with E-state index in [1.807, 2.05) is 24.3 Å². The van der Waals surface area contributed by atoms with Gasteiger partial charge in [0, 0.05) is 39.3 Å². The maximum absolute atomic E-state index is 12.8. The van der Waals surface area contributed by atoms with E-state index in [0.29, 0.717) is 18.4 Å². The molecule has 1 saturated carbocycles. The van der Waals surface area contributed by atoms with Gasteiger partial charge >= 0.3 is 6.03 Å². The Hall–Kier alpha value is -2.04. The summed E-state index contributed by atoms with van der Waals surface area (Å²) < 4.78 is 0. The van der Waals surface area contributed by atoms with Crippen LogP contribution in [-0.2, 0) is 6.54 Å². The van der Waals surface area contributed by atoms with E-state index in [0.717, 1.165) is 24.2 Å². The lowest BCUT2D eigenvalue weighted by Crippen LogP contribution is -2.35. The van der Waals surface area contributed by atoms with Gasteiger partial charge in [-0.05, 0) is 55.2 Å². The summed E-state index contributed by atoms with van der Waals surface area (Å²) in [5, 5.41) is 2.60. The molecule has 3 fully saturated rings. The van der Waals surface area contributed by atoms with E-state index in [1.165, 1.54) is 25.7 Å². The molecule has 2 aliphatic heterocycles. The van der Waals surface area contributed by atoms with Crippen LogP contribution in [0.5, 0.6) is 0 Å². The maximum atomic E-state index is 12.8. The number of hydrogen-bond donors (Lipinski definition) is 1. The lowest BCUT2D eigenvalue weighted by Gasteiger charge is -2.23. The van der Waals surface area contributed by atoms with E-state index < -0.39 is 0 Å². The second-order valence-electron chi connectivity index (χ2n) is 7.21. The van der Waals surface area contributed by atoms with Crippen LogP contribution in [0.3, 0.4) is 0 Å². The fourth-order valence-corrected chi connectivity index (χ4v) is 3.93. The van der Waals surface area contributed by atoms with Crippen LogP contribution in [0.4, 0.5) is 4.79 Å². The Kier molecular flexibility index (Phi) is 5.07. The summed E-state index contributed by atoms with van der Waals surface area (Å²) in [4.78, 5) is 28.0. The standard InChI is InChI=1S/C19H27N3O2/c1-20-19(24)21(2)11-14-7-9-17(10-8-14)18(23)22-12-15-3-4-16(13-22)6-5-15/h7-10,15-16H,3-6,11-13H2,1-2H3,(H,20,24). The SMILES string of the molecule is CNC(=O)N(C)Cc1ccc(C(=O)N2CC3CCC(CC3)C2)cc1. The van der Waals surface area contributed by atoms with Gasteiger partial charge < -0.3 is 15.1 Å². The van der Waals surface area contributed by atoms with Gasteiger partial charge in [-0.15, -0.1) is 0 Å². The number of rotatable bonds is 3. The van der Waals surface area contributed by atoms with E-state index in [4.69, 9.17) is 0 Å². The molecule has 1 aromatic rings. The van der Waals surface area contributed by atoms with Crippen molar-refractivity contribution in [1.29, 1.82) is 0 Å². The molecule has 3 amide bonds. The van der Waals surface area contributed by atoms with E-state index in [9.17, 15) is 9.59 Å². The van der Waals surface area contributed by atoms with Crippen LogP contribution in [-0.4, -0.2) is 48.9 Å². The predicted octanol–water partition coefficient (Wildman–Crippen LogP) is 2.72.